The van der Waals surface area contributed by atoms with Gasteiger partial charge >= 0.3 is 0 Å². The van der Waals surface area contributed by atoms with E-state index >= 15 is 0 Å². The standard InChI is InChI=1S/C12H17N5/c1-9(2)11-5-3-10(4-6-11)8-17-12(7-13)14-15-16-17/h3-6,9H,7-8,13H2,1-2H3. The van der Waals surface area contributed by atoms with Crippen LogP contribution in [0.1, 0.15) is 36.7 Å². The molecule has 0 fully saturated rings. The van der Waals surface area contributed by atoms with Gasteiger partial charge in [-0.1, -0.05) is 38.1 Å². The smallest absolute Gasteiger partial charge is 0.165 e. The number of aromatic nitrogens is 4. The molecule has 5 nitrogen and oxygen atoms in total. The van der Waals surface area contributed by atoms with Gasteiger partial charge in [0.15, 0.2) is 5.82 Å². The lowest BCUT2D eigenvalue weighted by atomic mass is 10.0. The minimum Gasteiger partial charge on any atom is -0.324 e. The number of rotatable bonds is 4. The van der Waals surface area contributed by atoms with E-state index in [2.05, 4.69) is 53.6 Å². The predicted molar refractivity (Wildman–Crippen MR) is 65.3 cm³/mol. The number of hydrogen-bond donors (Lipinski definition) is 1. The first-order chi connectivity index (χ1) is 8.20. The molecule has 0 aliphatic heterocycles. The Kier molecular flexibility index (Phi) is 3.49. The fraction of sp³-hybridized carbons (Fsp3) is 0.417. The van der Waals surface area contributed by atoms with Crippen LogP contribution in [0.5, 0.6) is 0 Å². The maximum Gasteiger partial charge on any atom is 0.165 e. The van der Waals surface area contributed by atoms with Crippen molar-refractivity contribution in [2.24, 2.45) is 5.73 Å². The zero-order chi connectivity index (χ0) is 12.3. The van der Waals surface area contributed by atoms with Crippen molar-refractivity contribution in [1.82, 2.24) is 20.2 Å². The number of nitrogens with two attached hydrogens (primary N) is 1. The molecule has 2 rings (SSSR count). The molecule has 0 saturated carbocycles. The van der Waals surface area contributed by atoms with Crippen molar-refractivity contribution in [1.29, 1.82) is 0 Å². The van der Waals surface area contributed by atoms with E-state index in [1.807, 2.05) is 0 Å². The van der Waals surface area contributed by atoms with Crippen molar-refractivity contribution in [3.05, 3.63) is 41.2 Å². The quantitative estimate of drug-likeness (QED) is 0.861. The Morgan fingerprint density at radius 2 is 1.94 bits per heavy atom. The lowest BCUT2D eigenvalue weighted by Gasteiger charge is -2.07. The Bertz CT molecular complexity index is 472. The highest BCUT2D eigenvalue weighted by atomic mass is 15.5. The van der Waals surface area contributed by atoms with Crippen LogP contribution in [0.25, 0.3) is 0 Å². The third-order valence-electron chi connectivity index (χ3n) is 2.77. The summed E-state index contributed by atoms with van der Waals surface area (Å²) in [6.45, 7) is 5.39. The highest BCUT2D eigenvalue weighted by Gasteiger charge is 2.05. The molecule has 2 N–H and O–H groups in total. The number of nitrogens with zero attached hydrogens (tertiary/aromatic N) is 4. The molecule has 0 spiro atoms. The van der Waals surface area contributed by atoms with E-state index < -0.39 is 0 Å². The van der Waals surface area contributed by atoms with E-state index in [9.17, 15) is 0 Å². The predicted octanol–water partition coefficient (Wildman–Crippen LogP) is 1.30. The van der Waals surface area contributed by atoms with Gasteiger partial charge in [0.1, 0.15) is 0 Å². The molecule has 2 aromatic rings. The highest BCUT2D eigenvalue weighted by molar-refractivity contribution is 5.24. The third kappa shape index (κ3) is 2.68. The normalized spacial score (nSPS) is 11.1. The van der Waals surface area contributed by atoms with E-state index in [1.165, 1.54) is 11.1 Å². The van der Waals surface area contributed by atoms with Crippen LogP contribution in [0, 0.1) is 0 Å². The summed E-state index contributed by atoms with van der Waals surface area (Å²) in [7, 11) is 0. The van der Waals surface area contributed by atoms with Crippen LogP contribution in [-0.4, -0.2) is 20.2 Å². The number of hydrogen-bond acceptors (Lipinski definition) is 4. The van der Waals surface area contributed by atoms with Crippen LogP contribution in [0.2, 0.25) is 0 Å². The fourth-order valence-corrected chi connectivity index (χ4v) is 1.67. The summed E-state index contributed by atoms with van der Waals surface area (Å²) in [5, 5.41) is 11.4. The average Bonchev–Trinajstić information content (AvgIpc) is 2.77. The van der Waals surface area contributed by atoms with Gasteiger partial charge in [-0.15, -0.1) is 5.10 Å². The minimum atomic E-state index is 0.358. The van der Waals surface area contributed by atoms with Crippen LogP contribution in [-0.2, 0) is 13.1 Å². The van der Waals surface area contributed by atoms with Crippen molar-refractivity contribution >= 4 is 0 Å². The first kappa shape index (κ1) is 11.7. The van der Waals surface area contributed by atoms with E-state index in [0.29, 0.717) is 24.8 Å². The van der Waals surface area contributed by atoms with E-state index in [4.69, 9.17) is 5.73 Å². The Balaban J connectivity index is 2.14. The van der Waals surface area contributed by atoms with Crippen molar-refractivity contribution in [3.63, 3.8) is 0 Å². The molecule has 1 aromatic carbocycles. The lowest BCUT2D eigenvalue weighted by Crippen LogP contribution is -2.10. The fourth-order valence-electron chi connectivity index (χ4n) is 1.67. The molecule has 0 bridgehead atoms. The summed E-state index contributed by atoms with van der Waals surface area (Å²) in [6.07, 6.45) is 0. The largest absolute Gasteiger partial charge is 0.324 e. The number of benzene rings is 1. The molecule has 5 heteroatoms. The second kappa shape index (κ2) is 5.05. The minimum absolute atomic E-state index is 0.358. The molecular weight excluding hydrogens is 214 g/mol. The second-order valence-corrected chi connectivity index (χ2v) is 4.35. The highest BCUT2D eigenvalue weighted by Crippen LogP contribution is 2.15. The first-order valence-electron chi connectivity index (χ1n) is 5.74. The Morgan fingerprint density at radius 3 is 2.53 bits per heavy atom. The van der Waals surface area contributed by atoms with Crippen molar-refractivity contribution in [3.8, 4) is 0 Å². The molecule has 0 atom stereocenters. The molecule has 0 unspecified atom stereocenters. The molecule has 90 valence electrons. The van der Waals surface area contributed by atoms with Crippen LogP contribution in [0.3, 0.4) is 0 Å². The zero-order valence-electron chi connectivity index (χ0n) is 10.2. The van der Waals surface area contributed by atoms with Crippen molar-refractivity contribution in [2.45, 2.75) is 32.9 Å². The van der Waals surface area contributed by atoms with Gasteiger partial charge in [0.25, 0.3) is 0 Å². The SMILES string of the molecule is CC(C)c1ccc(Cn2nnnc2CN)cc1. The molecular formula is C12H17N5. The van der Waals surface area contributed by atoms with Crippen LogP contribution >= 0.6 is 0 Å². The Hall–Kier alpha value is -1.75. The lowest BCUT2D eigenvalue weighted by molar-refractivity contribution is 0.619. The third-order valence-corrected chi connectivity index (χ3v) is 2.77. The van der Waals surface area contributed by atoms with Gasteiger partial charge in [0, 0.05) is 0 Å². The summed E-state index contributed by atoms with van der Waals surface area (Å²) in [5.41, 5.74) is 8.06. The van der Waals surface area contributed by atoms with Crippen LogP contribution in [0.4, 0.5) is 0 Å². The molecule has 17 heavy (non-hydrogen) atoms. The van der Waals surface area contributed by atoms with Gasteiger partial charge in [0.05, 0.1) is 13.1 Å². The Labute approximate surface area is 101 Å². The number of tetrazole rings is 1. The molecule has 0 aliphatic rings. The second-order valence-electron chi connectivity index (χ2n) is 4.35. The first-order valence-corrected chi connectivity index (χ1v) is 5.74. The summed E-state index contributed by atoms with van der Waals surface area (Å²) in [4.78, 5) is 0. The summed E-state index contributed by atoms with van der Waals surface area (Å²) >= 11 is 0. The van der Waals surface area contributed by atoms with Crippen molar-refractivity contribution < 1.29 is 0 Å². The monoisotopic (exact) mass is 231 g/mol. The Morgan fingerprint density at radius 1 is 1.24 bits per heavy atom. The van der Waals surface area contributed by atoms with Crippen molar-refractivity contribution in [2.75, 3.05) is 0 Å². The van der Waals surface area contributed by atoms with Gasteiger partial charge in [-0.25, -0.2) is 4.68 Å². The molecule has 0 aliphatic carbocycles. The van der Waals surface area contributed by atoms with Gasteiger partial charge in [-0.2, -0.15) is 0 Å². The van der Waals surface area contributed by atoms with Gasteiger partial charge in [-0.05, 0) is 27.5 Å². The van der Waals surface area contributed by atoms with E-state index in [-0.39, 0.29) is 0 Å². The summed E-state index contributed by atoms with van der Waals surface area (Å²) in [5.74, 6) is 1.26. The molecule has 1 heterocycles. The molecule has 1 aromatic heterocycles. The van der Waals surface area contributed by atoms with Gasteiger partial charge in [0.2, 0.25) is 0 Å². The maximum atomic E-state index is 5.55. The summed E-state index contributed by atoms with van der Waals surface area (Å²) < 4.78 is 1.73. The summed E-state index contributed by atoms with van der Waals surface area (Å²) in [6, 6.07) is 8.51. The van der Waals surface area contributed by atoms with Gasteiger partial charge < -0.3 is 5.73 Å². The zero-order valence-corrected chi connectivity index (χ0v) is 10.2. The average molecular weight is 231 g/mol. The molecule has 0 radical (unpaired) electrons. The molecule has 0 saturated heterocycles. The molecule has 0 amide bonds. The van der Waals surface area contributed by atoms with Crippen LogP contribution < -0.4 is 5.73 Å². The van der Waals surface area contributed by atoms with Crippen LogP contribution in [0.15, 0.2) is 24.3 Å². The van der Waals surface area contributed by atoms with Gasteiger partial charge in [-0.3, -0.25) is 0 Å². The topological polar surface area (TPSA) is 69.6 Å². The van der Waals surface area contributed by atoms with E-state index in [0.717, 1.165) is 0 Å². The van der Waals surface area contributed by atoms with E-state index in [1.54, 1.807) is 4.68 Å². The maximum absolute atomic E-state index is 5.55.